The fourth-order valence-electron chi connectivity index (χ4n) is 1.11. The van der Waals surface area contributed by atoms with Crippen LogP contribution in [0.5, 0.6) is 0 Å². The lowest BCUT2D eigenvalue weighted by Gasteiger charge is -2.27. The van der Waals surface area contributed by atoms with Gasteiger partial charge in [0.2, 0.25) is 5.91 Å². The summed E-state index contributed by atoms with van der Waals surface area (Å²) >= 11 is 4.25. The molecule has 1 N–H and O–H groups in total. The fourth-order valence-corrected chi connectivity index (χ4v) is 1.17. The van der Waals surface area contributed by atoms with Crippen LogP contribution in [0.15, 0.2) is 0 Å². The Hall–Kier alpha value is -0.220. The van der Waals surface area contributed by atoms with Gasteiger partial charge in [-0.05, 0) is 19.8 Å². The minimum atomic E-state index is -0.332. The molecule has 1 atom stereocenters. The summed E-state index contributed by atoms with van der Waals surface area (Å²) in [5.41, 5.74) is -0.332. The van der Waals surface area contributed by atoms with Crippen molar-refractivity contribution in [2.75, 3.05) is 13.7 Å². The van der Waals surface area contributed by atoms with Crippen molar-refractivity contribution >= 4 is 18.5 Å². The van der Waals surface area contributed by atoms with Gasteiger partial charge in [0.1, 0.15) is 0 Å². The van der Waals surface area contributed by atoms with Gasteiger partial charge < -0.3 is 10.1 Å². The minimum Gasteiger partial charge on any atom is -0.382 e. The lowest BCUT2D eigenvalue weighted by Crippen LogP contribution is -2.50. The first-order valence-corrected chi connectivity index (χ1v) is 5.31. The summed E-state index contributed by atoms with van der Waals surface area (Å²) in [5.74, 6) is 0.196. The molecule has 0 bridgehead atoms. The first-order chi connectivity index (χ1) is 6.30. The average Bonchev–Trinajstić information content (AvgIpc) is 2.01. The molecule has 84 valence electrons. The predicted octanol–water partition coefficient (Wildman–Crippen LogP) is 1.48. The first-order valence-electron chi connectivity index (χ1n) is 4.79. The second-order valence-corrected chi connectivity index (χ2v) is 5.05. The van der Waals surface area contributed by atoms with E-state index in [4.69, 9.17) is 4.74 Å². The molecule has 0 aromatic rings. The van der Waals surface area contributed by atoms with E-state index in [2.05, 4.69) is 17.9 Å². The molecular weight excluding hydrogens is 198 g/mol. The zero-order chi connectivity index (χ0) is 11.4. The normalized spacial score (nSPS) is 14.2. The smallest absolute Gasteiger partial charge is 0.233 e. The zero-order valence-electron chi connectivity index (χ0n) is 9.63. The molecule has 0 heterocycles. The van der Waals surface area contributed by atoms with Crippen LogP contribution in [0.25, 0.3) is 0 Å². The first kappa shape index (κ1) is 13.8. The van der Waals surface area contributed by atoms with Crippen LogP contribution < -0.4 is 5.32 Å². The molecule has 0 radical (unpaired) electrons. The maximum absolute atomic E-state index is 11.6. The van der Waals surface area contributed by atoms with E-state index in [9.17, 15) is 4.79 Å². The number of methoxy groups -OCH3 is 1. The number of amides is 1. The van der Waals surface area contributed by atoms with Crippen molar-refractivity contribution < 1.29 is 9.53 Å². The van der Waals surface area contributed by atoms with Crippen molar-refractivity contribution in [3.05, 3.63) is 0 Å². The van der Waals surface area contributed by atoms with Crippen molar-refractivity contribution in [2.45, 2.75) is 38.5 Å². The summed E-state index contributed by atoms with van der Waals surface area (Å²) in [6.07, 6.45) is 0. The molecule has 4 heteroatoms. The Morgan fingerprint density at radius 3 is 2.36 bits per heavy atom. The van der Waals surface area contributed by atoms with Crippen LogP contribution in [-0.4, -0.2) is 30.4 Å². The number of carbonyl (C=O) groups is 1. The highest BCUT2D eigenvalue weighted by Crippen LogP contribution is 2.11. The Morgan fingerprint density at radius 2 is 2.00 bits per heavy atom. The summed E-state index contributed by atoms with van der Waals surface area (Å²) in [6.45, 7) is 8.29. The summed E-state index contributed by atoms with van der Waals surface area (Å²) in [4.78, 5) is 11.6. The van der Waals surface area contributed by atoms with E-state index in [1.54, 1.807) is 7.11 Å². The molecule has 0 rings (SSSR count). The van der Waals surface area contributed by atoms with Crippen molar-refractivity contribution in [2.24, 2.45) is 5.92 Å². The van der Waals surface area contributed by atoms with Gasteiger partial charge in [-0.25, -0.2) is 0 Å². The molecule has 0 aromatic carbocycles. The molecule has 0 aliphatic rings. The number of thiol groups is 1. The molecule has 0 aromatic heterocycles. The van der Waals surface area contributed by atoms with Crippen LogP contribution >= 0.6 is 12.6 Å². The largest absolute Gasteiger partial charge is 0.382 e. The highest BCUT2D eigenvalue weighted by molar-refractivity contribution is 7.81. The predicted molar refractivity (Wildman–Crippen MR) is 61.7 cm³/mol. The van der Waals surface area contributed by atoms with Gasteiger partial charge in [0.25, 0.3) is 0 Å². The average molecular weight is 219 g/mol. The van der Waals surface area contributed by atoms with Crippen LogP contribution in [0.2, 0.25) is 0 Å². The van der Waals surface area contributed by atoms with Gasteiger partial charge in [-0.2, -0.15) is 12.6 Å². The molecule has 14 heavy (non-hydrogen) atoms. The van der Waals surface area contributed by atoms with E-state index >= 15 is 0 Å². The standard InChI is InChI=1S/C10H21NO2S/c1-7(2)8(14)9(12)11-10(3,4)6-13-5/h7-8,14H,6H2,1-5H3,(H,11,12). The summed E-state index contributed by atoms with van der Waals surface area (Å²) in [7, 11) is 1.62. The maximum atomic E-state index is 11.6. The van der Waals surface area contributed by atoms with E-state index in [1.165, 1.54) is 0 Å². The van der Waals surface area contributed by atoms with Crippen LogP contribution in [0.1, 0.15) is 27.7 Å². The van der Waals surface area contributed by atoms with Crippen molar-refractivity contribution in [1.82, 2.24) is 5.32 Å². The van der Waals surface area contributed by atoms with Gasteiger partial charge in [0.05, 0.1) is 17.4 Å². The number of rotatable bonds is 5. The van der Waals surface area contributed by atoms with Crippen molar-refractivity contribution in [3.63, 3.8) is 0 Å². The van der Waals surface area contributed by atoms with E-state index in [1.807, 2.05) is 27.7 Å². The van der Waals surface area contributed by atoms with Gasteiger partial charge >= 0.3 is 0 Å². The van der Waals surface area contributed by atoms with E-state index in [0.29, 0.717) is 6.61 Å². The lowest BCUT2D eigenvalue weighted by molar-refractivity contribution is -0.123. The SMILES string of the molecule is COCC(C)(C)NC(=O)C(S)C(C)C. The Kier molecular flexibility index (Phi) is 5.52. The minimum absolute atomic E-state index is 0.0367. The fraction of sp³-hybridized carbons (Fsp3) is 0.900. The molecule has 0 spiro atoms. The number of hydrogen-bond donors (Lipinski definition) is 2. The van der Waals surface area contributed by atoms with Crippen LogP contribution in [0.4, 0.5) is 0 Å². The molecule has 1 unspecified atom stereocenters. The number of carbonyl (C=O) groups excluding carboxylic acids is 1. The van der Waals surface area contributed by atoms with Crippen molar-refractivity contribution in [3.8, 4) is 0 Å². The Balaban J connectivity index is 4.17. The molecule has 0 aliphatic carbocycles. The zero-order valence-corrected chi connectivity index (χ0v) is 10.5. The third-order valence-electron chi connectivity index (χ3n) is 1.87. The third-order valence-corrected chi connectivity index (χ3v) is 2.70. The van der Waals surface area contributed by atoms with Crippen LogP contribution in [0, 0.1) is 5.92 Å². The second kappa shape index (κ2) is 5.61. The molecule has 3 nitrogen and oxygen atoms in total. The lowest BCUT2D eigenvalue weighted by atomic mass is 10.0. The van der Waals surface area contributed by atoms with Crippen LogP contribution in [-0.2, 0) is 9.53 Å². The Labute approximate surface area is 92.0 Å². The van der Waals surface area contributed by atoms with Gasteiger partial charge in [-0.3, -0.25) is 4.79 Å². The topological polar surface area (TPSA) is 38.3 Å². The van der Waals surface area contributed by atoms with Gasteiger partial charge in [0.15, 0.2) is 0 Å². The highest BCUT2D eigenvalue weighted by atomic mass is 32.1. The van der Waals surface area contributed by atoms with E-state index in [-0.39, 0.29) is 22.6 Å². The summed E-state index contributed by atoms with van der Waals surface area (Å²) in [6, 6.07) is 0. The Bertz CT molecular complexity index is 193. The monoisotopic (exact) mass is 219 g/mol. The van der Waals surface area contributed by atoms with Gasteiger partial charge in [-0.1, -0.05) is 13.8 Å². The quantitative estimate of drug-likeness (QED) is 0.687. The number of hydrogen-bond acceptors (Lipinski definition) is 3. The second-order valence-electron chi connectivity index (χ2n) is 4.50. The molecule has 0 saturated carbocycles. The molecule has 0 aliphatic heterocycles. The van der Waals surface area contributed by atoms with Gasteiger partial charge in [0, 0.05) is 7.11 Å². The van der Waals surface area contributed by atoms with E-state index in [0.717, 1.165) is 0 Å². The molecular formula is C10H21NO2S. The number of ether oxygens (including phenoxy) is 1. The Morgan fingerprint density at radius 1 is 1.50 bits per heavy atom. The molecule has 1 amide bonds. The number of nitrogens with one attached hydrogen (secondary N) is 1. The highest BCUT2D eigenvalue weighted by Gasteiger charge is 2.25. The van der Waals surface area contributed by atoms with Crippen molar-refractivity contribution in [1.29, 1.82) is 0 Å². The van der Waals surface area contributed by atoms with Gasteiger partial charge in [-0.15, -0.1) is 0 Å². The third kappa shape index (κ3) is 4.86. The maximum Gasteiger partial charge on any atom is 0.233 e. The molecule has 0 fully saturated rings. The summed E-state index contributed by atoms with van der Waals surface area (Å²) in [5, 5.41) is 2.64. The summed E-state index contributed by atoms with van der Waals surface area (Å²) < 4.78 is 5.01. The van der Waals surface area contributed by atoms with Crippen LogP contribution in [0.3, 0.4) is 0 Å². The molecule has 0 saturated heterocycles. The van der Waals surface area contributed by atoms with E-state index < -0.39 is 0 Å².